The fraction of sp³-hybridized carbons (Fsp3) is 1.00. The van der Waals surface area contributed by atoms with Crippen molar-refractivity contribution >= 4 is 11.6 Å². The van der Waals surface area contributed by atoms with E-state index >= 15 is 0 Å². The molecular formula is C8H13ClO2. The van der Waals surface area contributed by atoms with E-state index in [4.69, 9.17) is 21.1 Å². The maximum absolute atomic E-state index is 5.50. The lowest BCUT2D eigenvalue weighted by molar-refractivity contribution is 0.0442. The van der Waals surface area contributed by atoms with Crippen molar-refractivity contribution in [1.82, 2.24) is 0 Å². The smallest absolute Gasteiger partial charge is 0.0894 e. The van der Waals surface area contributed by atoms with Crippen LogP contribution in [0.4, 0.5) is 0 Å². The van der Waals surface area contributed by atoms with Crippen LogP contribution in [0.2, 0.25) is 0 Å². The highest BCUT2D eigenvalue weighted by atomic mass is 35.5. The predicted molar refractivity (Wildman–Crippen MR) is 42.9 cm³/mol. The molecule has 2 fully saturated rings. The highest BCUT2D eigenvalue weighted by Gasteiger charge is 2.53. The lowest BCUT2D eigenvalue weighted by atomic mass is 10.2. The van der Waals surface area contributed by atoms with Crippen molar-refractivity contribution in [2.45, 2.75) is 25.0 Å². The SMILES string of the molecule is ClCCO[C@H]1[C@@H]2CCCO[C@@H]21. The lowest BCUT2D eigenvalue weighted by Gasteiger charge is -2.06. The molecule has 64 valence electrons. The van der Waals surface area contributed by atoms with E-state index in [9.17, 15) is 0 Å². The number of halogens is 1. The van der Waals surface area contributed by atoms with Crippen molar-refractivity contribution in [3.8, 4) is 0 Å². The van der Waals surface area contributed by atoms with Crippen LogP contribution in [0.5, 0.6) is 0 Å². The molecule has 2 aliphatic rings. The van der Waals surface area contributed by atoms with Crippen LogP contribution in [0.15, 0.2) is 0 Å². The molecule has 0 radical (unpaired) electrons. The number of hydrogen-bond donors (Lipinski definition) is 0. The van der Waals surface area contributed by atoms with E-state index < -0.39 is 0 Å². The molecule has 1 saturated carbocycles. The summed E-state index contributed by atoms with van der Waals surface area (Å²) < 4.78 is 11.0. The molecule has 2 nitrogen and oxygen atoms in total. The summed E-state index contributed by atoms with van der Waals surface area (Å²) in [5.41, 5.74) is 0. The van der Waals surface area contributed by atoms with Gasteiger partial charge in [0.2, 0.25) is 0 Å². The first kappa shape index (κ1) is 7.84. The second-order valence-electron chi connectivity index (χ2n) is 3.17. The van der Waals surface area contributed by atoms with Gasteiger partial charge >= 0.3 is 0 Å². The van der Waals surface area contributed by atoms with Gasteiger partial charge in [0, 0.05) is 18.4 Å². The average molecular weight is 177 g/mol. The summed E-state index contributed by atoms with van der Waals surface area (Å²) in [7, 11) is 0. The zero-order valence-electron chi connectivity index (χ0n) is 6.46. The van der Waals surface area contributed by atoms with Gasteiger partial charge in [0.1, 0.15) is 0 Å². The van der Waals surface area contributed by atoms with Gasteiger partial charge in [-0.2, -0.15) is 0 Å². The van der Waals surface area contributed by atoms with Gasteiger partial charge in [-0.3, -0.25) is 0 Å². The Hall–Kier alpha value is 0.210. The molecule has 0 unspecified atom stereocenters. The third-order valence-corrected chi connectivity index (χ3v) is 2.56. The number of rotatable bonds is 3. The molecule has 0 amide bonds. The lowest BCUT2D eigenvalue weighted by Crippen LogP contribution is -2.07. The standard InChI is InChI=1S/C8H13ClO2/c9-3-5-11-8-6-2-1-4-10-7(6)8/h6-8H,1-5H2/t6-,7+,8+/m1/s1. The van der Waals surface area contributed by atoms with E-state index in [1.54, 1.807) is 0 Å². The summed E-state index contributed by atoms with van der Waals surface area (Å²) >= 11 is 5.50. The summed E-state index contributed by atoms with van der Waals surface area (Å²) in [5, 5.41) is 0. The van der Waals surface area contributed by atoms with Gasteiger partial charge in [-0.1, -0.05) is 0 Å². The van der Waals surface area contributed by atoms with Crippen molar-refractivity contribution in [3.63, 3.8) is 0 Å². The molecule has 3 atom stereocenters. The van der Waals surface area contributed by atoms with Crippen LogP contribution >= 0.6 is 11.6 Å². The number of hydrogen-bond acceptors (Lipinski definition) is 2. The Morgan fingerprint density at radius 1 is 1.55 bits per heavy atom. The number of ether oxygens (including phenoxy) is 2. The largest absolute Gasteiger partial charge is 0.375 e. The van der Waals surface area contributed by atoms with Gasteiger partial charge in [0.05, 0.1) is 18.8 Å². The maximum Gasteiger partial charge on any atom is 0.0894 e. The highest BCUT2D eigenvalue weighted by Crippen LogP contribution is 2.43. The maximum atomic E-state index is 5.50. The van der Waals surface area contributed by atoms with Crippen LogP contribution in [0, 0.1) is 5.92 Å². The normalized spacial score (nSPS) is 41.7. The summed E-state index contributed by atoms with van der Waals surface area (Å²) in [6.45, 7) is 1.59. The van der Waals surface area contributed by atoms with Crippen molar-refractivity contribution in [1.29, 1.82) is 0 Å². The van der Waals surface area contributed by atoms with Crippen LogP contribution in [-0.2, 0) is 9.47 Å². The zero-order valence-corrected chi connectivity index (χ0v) is 7.22. The van der Waals surface area contributed by atoms with Crippen LogP contribution in [-0.4, -0.2) is 31.3 Å². The summed E-state index contributed by atoms with van der Waals surface area (Å²) in [5.74, 6) is 1.28. The fourth-order valence-electron chi connectivity index (χ4n) is 1.80. The Kier molecular flexibility index (Phi) is 2.35. The molecule has 1 aliphatic heterocycles. The minimum Gasteiger partial charge on any atom is -0.375 e. The molecule has 2 rings (SSSR count). The molecule has 3 heteroatoms. The zero-order chi connectivity index (χ0) is 7.68. The van der Waals surface area contributed by atoms with Crippen molar-refractivity contribution in [2.24, 2.45) is 5.92 Å². The van der Waals surface area contributed by atoms with Gasteiger partial charge < -0.3 is 9.47 Å². The Bertz CT molecular complexity index is 128. The highest BCUT2D eigenvalue weighted by molar-refractivity contribution is 6.17. The molecular weight excluding hydrogens is 164 g/mol. The fourth-order valence-corrected chi connectivity index (χ4v) is 1.89. The number of alkyl halides is 1. The molecule has 1 heterocycles. The molecule has 0 aromatic heterocycles. The minimum atomic E-state index is 0.372. The summed E-state index contributed by atoms with van der Waals surface area (Å²) in [6, 6.07) is 0. The van der Waals surface area contributed by atoms with Crippen LogP contribution in [0.3, 0.4) is 0 Å². The molecule has 1 aliphatic carbocycles. The number of fused-ring (bicyclic) bond motifs is 1. The molecule has 1 saturated heterocycles. The Labute approximate surface area is 71.8 Å². The average Bonchev–Trinajstić information content (AvgIpc) is 2.75. The molecule has 0 bridgehead atoms. The van der Waals surface area contributed by atoms with Crippen molar-refractivity contribution in [3.05, 3.63) is 0 Å². The quantitative estimate of drug-likeness (QED) is 0.606. The molecule has 0 aromatic carbocycles. The third kappa shape index (κ3) is 1.53. The second-order valence-corrected chi connectivity index (χ2v) is 3.54. The van der Waals surface area contributed by atoms with Crippen molar-refractivity contribution < 1.29 is 9.47 Å². The van der Waals surface area contributed by atoms with E-state index in [1.807, 2.05) is 0 Å². The van der Waals surface area contributed by atoms with E-state index in [1.165, 1.54) is 12.8 Å². The topological polar surface area (TPSA) is 18.5 Å². The van der Waals surface area contributed by atoms with E-state index in [2.05, 4.69) is 0 Å². The van der Waals surface area contributed by atoms with Crippen LogP contribution < -0.4 is 0 Å². The first-order chi connectivity index (χ1) is 5.43. The predicted octanol–water partition coefficient (Wildman–Crippen LogP) is 1.42. The van der Waals surface area contributed by atoms with E-state index in [0.717, 1.165) is 6.61 Å². The van der Waals surface area contributed by atoms with Gasteiger partial charge in [-0.05, 0) is 12.8 Å². The molecule has 0 aromatic rings. The van der Waals surface area contributed by atoms with Gasteiger partial charge in [0.15, 0.2) is 0 Å². The van der Waals surface area contributed by atoms with E-state index in [0.29, 0.717) is 30.6 Å². The Morgan fingerprint density at radius 2 is 2.45 bits per heavy atom. The van der Waals surface area contributed by atoms with Gasteiger partial charge in [-0.25, -0.2) is 0 Å². The molecule has 0 spiro atoms. The van der Waals surface area contributed by atoms with Gasteiger partial charge in [-0.15, -0.1) is 11.6 Å². The van der Waals surface area contributed by atoms with Crippen LogP contribution in [0.1, 0.15) is 12.8 Å². The van der Waals surface area contributed by atoms with Gasteiger partial charge in [0.25, 0.3) is 0 Å². The summed E-state index contributed by atoms with van der Waals surface area (Å²) in [4.78, 5) is 0. The third-order valence-electron chi connectivity index (χ3n) is 2.41. The monoisotopic (exact) mass is 176 g/mol. The minimum absolute atomic E-state index is 0.372. The van der Waals surface area contributed by atoms with Crippen LogP contribution in [0.25, 0.3) is 0 Å². The molecule has 11 heavy (non-hydrogen) atoms. The second kappa shape index (κ2) is 3.30. The first-order valence-electron chi connectivity index (χ1n) is 4.22. The Balaban J connectivity index is 1.72. The Morgan fingerprint density at radius 3 is 3.09 bits per heavy atom. The summed E-state index contributed by atoms with van der Waals surface area (Å²) in [6.07, 6.45) is 3.25. The first-order valence-corrected chi connectivity index (χ1v) is 4.76. The van der Waals surface area contributed by atoms with E-state index in [-0.39, 0.29) is 0 Å². The van der Waals surface area contributed by atoms with Crippen molar-refractivity contribution in [2.75, 3.05) is 19.1 Å². The molecule has 0 N–H and O–H groups in total.